The topological polar surface area (TPSA) is 43.8 Å². The van der Waals surface area contributed by atoms with Crippen LogP contribution in [0.4, 0.5) is 0 Å². The van der Waals surface area contributed by atoms with E-state index in [-0.39, 0.29) is 0 Å². The van der Waals surface area contributed by atoms with Gasteiger partial charge in [-0.3, -0.25) is 4.68 Å². The van der Waals surface area contributed by atoms with Crippen LogP contribution in [0.5, 0.6) is 0 Å². The zero-order valence-electron chi connectivity index (χ0n) is 8.29. The van der Waals surface area contributed by atoms with Gasteiger partial charge in [0.1, 0.15) is 0 Å². The molecule has 0 aliphatic rings. The molecule has 0 unspecified atom stereocenters. The molecule has 1 aromatic rings. The van der Waals surface area contributed by atoms with Gasteiger partial charge in [-0.1, -0.05) is 12.2 Å². The highest BCUT2D eigenvalue weighted by atomic mass is 32.1. The number of nitrogens with zero attached hydrogens (tertiary/aromatic N) is 2. The summed E-state index contributed by atoms with van der Waals surface area (Å²) < 4.78 is 1.96. The van der Waals surface area contributed by atoms with Crippen LogP contribution in [-0.4, -0.2) is 14.8 Å². The lowest BCUT2D eigenvalue weighted by Crippen LogP contribution is -2.13. The molecule has 0 spiro atoms. The van der Waals surface area contributed by atoms with Crippen molar-refractivity contribution in [2.45, 2.75) is 33.7 Å². The van der Waals surface area contributed by atoms with E-state index < -0.39 is 0 Å². The molecule has 0 radical (unpaired) electrons. The lowest BCUT2D eigenvalue weighted by molar-refractivity contribution is 0.612. The van der Waals surface area contributed by atoms with Gasteiger partial charge in [-0.15, -0.1) is 0 Å². The summed E-state index contributed by atoms with van der Waals surface area (Å²) >= 11 is 4.81. The van der Waals surface area contributed by atoms with Crippen molar-refractivity contribution in [3.63, 3.8) is 0 Å². The van der Waals surface area contributed by atoms with Gasteiger partial charge < -0.3 is 5.73 Å². The highest BCUT2D eigenvalue weighted by Gasteiger charge is 2.06. The van der Waals surface area contributed by atoms with Crippen molar-refractivity contribution in [1.29, 1.82) is 0 Å². The minimum Gasteiger partial charge on any atom is -0.393 e. The molecule has 0 fully saturated rings. The summed E-state index contributed by atoms with van der Waals surface area (Å²) in [4.78, 5) is 0.546. The maximum absolute atomic E-state index is 5.43. The molecule has 0 saturated carbocycles. The van der Waals surface area contributed by atoms with E-state index in [0.717, 1.165) is 18.7 Å². The third-order valence-electron chi connectivity index (χ3n) is 2.31. The Hall–Kier alpha value is -0.900. The van der Waals surface area contributed by atoms with E-state index >= 15 is 0 Å². The summed E-state index contributed by atoms with van der Waals surface area (Å²) in [7, 11) is 0. The van der Waals surface area contributed by atoms with Gasteiger partial charge in [-0.25, -0.2) is 0 Å². The second-order valence-corrected chi connectivity index (χ2v) is 3.76. The van der Waals surface area contributed by atoms with Gasteiger partial charge >= 0.3 is 0 Å². The highest BCUT2D eigenvalue weighted by Crippen LogP contribution is 2.10. The van der Waals surface area contributed by atoms with Crippen molar-refractivity contribution in [1.82, 2.24) is 9.78 Å². The molecule has 0 bridgehead atoms. The smallest absolute Gasteiger partial charge is 0.0745 e. The Balaban J connectivity index is 2.78. The van der Waals surface area contributed by atoms with Crippen LogP contribution in [0.15, 0.2) is 0 Å². The van der Waals surface area contributed by atoms with E-state index in [9.17, 15) is 0 Å². The van der Waals surface area contributed by atoms with Crippen molar-refractivity contribution < 1.29 is 0 Å². The van der Waals surface area contributed by atoms with Gasteiger partial charge in [0, 0.05) is 18.7 Å². The van der Waals surface area contributed by atoms with Crippen molar-refractivity contribution in [3.05, 3.63) is 17.0 Å². The van der Waals surface area contributed by atoms with Crippen molar-refractivity contribution in [3.8, 4) is 0 Å². The summed E-state index contributed by atoms with van der Waals surface area (Å²) in [6.07, 6.45) is 0.719. The first-order chi connectivity index (χ1) is 6.02. The van der Waals surface area contributed by atoms with E-state index in [1.54, 1.807) is 0 Å². The maximum Gasteiger partial charge on any atom is 0.0745 e. The molecular formula is C9H15N3S. The molecule has 4 heteroatoms. The first-order valence-electron chi connectivity index (χ1n) is 4.31. The Morgan fingerprint density at radius 3 is 2.46 bits per heavy atom. The predicted octanol–water partition coefficient (Wildman–Crippen LogP) is 1.48. The minimum absolute atomic E-state index is 0.546. The van der Waals surface area contributed by atoms with Gasteiger partial charge in [0.15, 0.2) is 0 Å². The largest absolute Gasteiger partial charge is 0.393 e. The molecule has 3 nitrogen and oxygen atoms in total. The normalized spacial score (nSPS) is 10.4. The zero-order chi connectivity index (χ0) is 10.0. The van der Waals surface area contributed by atoms with E-state index in [2.05, 4.69) is 18.9 Å². The number of aryl methyl sites for hydroxylation is 2. The molecule has 0 aliphatic heterocycles. The number of aromatic nitrogens is 2. The fourth-order valence-corrected chi connectivity index (χ4v) is 1.31. The standard InChI is InChI=1S/C9H15N3S/c1-6-7(2)11-12(8(6)3)5-4-9(10)13/h4-5H2,1-3H3,(H2,10,13). The summed E-state index contributed by atoms with van der Waals surface area (Å²) in [6.45, 7) is 6.94. The highest BCUT2D eigenvalue weighted by molar-refractivity contribution is 7.80. The summed E-state index contributed by atoms with van der Waals surface area (Å²) in [5.74, 6) is 0. The van der Waals surface area contributed by atoms with Crippen LogP contribution in [0.2, 0.25) is 0 Å². The average molecular weight is 197 g/mol. The first kappa shape index (κ1) is 10.2. The minimum atomic E-state index is 0.546. The van der Waals surface area contributed by atoms with Crippen molar-refractivity contribution in [2.24, 2.45) is 5.73 Å². The second-order valence-electron chi connectivity index (χ2n) is 3.24. The summed E-state index contributed by atoms with van der Waals surface area (Å²) in [5.41, 5.74) is 8.96. The number of hydrogen-bond acceptors (Lipinski definition) is 2. The Bertz CT molecular complexity index is 328. The van der Waals surface area contributed by atoms with E-state index in [0.29, 0.717) is 4.99 Å². The molecule has 0 atom stereocenters. The van der Waals surface area contributed by atoms with Gasteiger partial charge in [-0.2, -0.15) is 5.10 Å². The van der Waals surface area contributed by atoms with Gasteiger partial charge in [0.2, 0.25) is 0 Å². The van der Waals surface area contributed by atoms with Crippen LogP contribution in [-0.2, 0) is 6.54 Å². The lowest BCUT2D eigenvalue weighted by atomic mass is 10.2. The second kappa shape index (κ2) is 3.87. The molecule has 1 rings (SSSR count). The number of hydrogen-bond donors (Lipinski definition) is 1. The predicted molar refractivity (Wildman–Crippen MR) is 57.8 cm³/mol. The molecule has 0 aromatic carbocycles. The SMILES string of the molecule is Cc1nn(CCC(N)=S)c(C)c1C. The zero-order valence-corrected chi connectivity index (χ0v) is 9.11. The van der Waals surface area contributed by atoms with E-state index in [1.165, 1.54) is 11.3 Å². The molecule has 0 aliphatic carbocycles. The van der Waals surface area contributed by atoms with E-state index in [1.807, 2.05) is 11.6 Å². The first-order valence-corrected chi connectivity index (χ1v) is 4.72. The van der Waals surface area contributed by atoms with Gasteiger partial charge in [-0.05, 0) is 26.3 Å². The van der Waals surface area contributed by atoms with Crippen LogP contribution in [0.25, 0.3) is 0 Å². The van der Waals surface area contributed by atoms with Crippen LogP contribution < -0.4 is 5.73 Å². The number of rotatable bonds is 3. The Labute approximate surface area is 83.9 Å². The van der Waals surface area contributed by atoms with Gasteiger partial charge in [0.25, 0.3) is 0 Å². The average Bonchev–Trinajstić information content (AvgIpc) is 2.29. The quantitative estimate of drug-likeness (QED) is 0.746. The monoisotopic (exact) mass is 197 g/mol. The third-order valence-corrected chi connectivity index (χ3v) is 2.52. The number of nitrogens with two attached hydrogens (primary N) is 1. The molecule has 72 valence electrons. The van der Waals surface area contributed by atoms with Crippen LogP contribution in [0, 0.1) is 20.8 Å². The molecular weight excluding hydrogens is 182 g/mol. The van der Waals surface area contributed by atoms with Crippen LogP contribution in [0.1, 0.15) is 23.4 Å². The van der Waals surface area contributed by atoms with Crippen molar-refractivity contribution >= 4 is 17.2 Å². The molecule has 1 aromatic heterocycles. The molecule has 1 heterocycles. The lowest BCUT2D eigenvalue weighted by Gasteiger charge is -2.02. The third kappa shape index (κ3) is 2.28. The Morgan fingerprint density at radius 2 is 2.08 bits per heavy atom. The molecule has 13 heavy (non-hydrogen) atoms. The van der Waals surface area contributed by atoms with Crippen molar-refractivity contribution in [2.75, 3.05) is 0 Å². The summed E-state index contributed by atoms with van der Waals surface area (Å²) in [6, 6.07) is 0. The number of thiocarbonyl (C=S) groups is 1. The van der Waals surface area contributed by atoms with Gasteiger partial charge in [0.05, 0.1) is 10.7 Å². The van der Waals surface area contributed by atoms with Crippen LogP contribution >= 0.6 is 12.2 Å². The molecule has 2 N–H and O–H groups in total. The summed E-state index contributed by atoms with van der Waals surface area (Å²) in [5, 5.41) is 4.38. The Morgan fingerprint density at radius 1 is 1.46 bits per heavy atom. The van der Waals surface area contributed by atoms with E-state index in [4.69, 9.17) is 18.0 Å². The fourth-order valence-electron chi connectivity index (χ4n) is 1.22. The Kier molecular flexibility index (Phi) is 3.03. The molecule has 0 amide bonds. The molecule has 0 saturated heterocycles. The van der Waals surface area contributed by atoms with Crippen LogP contribution in [0.3, 0.4) is 0 Å². The fraction of sp³-hybridized carbons (Fsp3) is 0.556. The maximum atomic E-state index is 5.43.